The molecule has 0 spiro atoms. The lowest BCUT2D eigenvalue weighted by Crippen LogP contribution is -2.36. The number of anilines is 1. The molecule has 1 fully saturated rings. The number of hydrogen-bond acceptors (Lipinski definition) is 5. The Morgan fingerprint density at radius 1 is 1.15 bits per heavy atom. The van der Waals surface area contributed by atoms with Gasteiger partial charge in [0.25, 0.3) is 5.91 Å². The number of nitrogens with one attached hydrogen (secondary N) is 1. The Labute approximate surface area is 152 Å². The lowest BCUT2D eigenvalue weighted by atomic mass is 10.0. The topological polar surface area (TPSA) is 77.7 Å². The number of amides is 1. The van der Waals surface area contributed by atoms with Gasteiger partial charge < -0.3 is 9.64 Å². The van der Waals surface area contributed by atoms with Crippen molar-refractivity contribution in [3.05, 3.63) is 65.7 Å². The summed E-state index contributed by atoms with van der Waals surface area (Å²) in [6.07, 6.45) is 1.57. The lowest BCUT2D eigenvalue weighted by Gasteiger charge is -2.28. The molecular weight excluding hydrogens is 328 g/mol. The molecule has 1 heterocycles. The van der Waals surface area contributed by atoms with Crippen LogP contribution in [0.4, 0.5) is 5.69 Å². The van der Waals surface area contributed by atoms with Crippen molar-refractivity contribution in [1.82, 2.24) is 5.43 Å². The third kappa shape index (κ3) is 4.47. The third-order valence-corrected chi connectivity index (χ3v) is 4.18. The molecule has 0 saturated carbocycles. The second kappa shape index (κ2) is 8.79. The smallest absolute Gasteiger partial charge is 0.261 e. The average Bonchev–Trinajstić information content (AvgIpc) is 2.71. The van der Waals surface area contributed by atoms with E-state index in [0.29, 0.717) is 5.56 Å². The maximum absolute atomic E-state index is 12.2. The largest absolute Gasteiger partial charge is 0.378 e. The lowest BCUT2D eigenvalue weighted by molar-refractivity contribution is -0.121. The number of hydrazone groups is 1. The fourth-order valence-electron chi connectivity index (χ4n) is 2.76. The highest BCUT2D eigenvalue weighted by Gasteiger charge is 2.19. The molecule has 1 aliphatic heterocycles. The normalized spacial score (nSPS) is 15.4. The molecule has 1 saturated heterocycles. The van der Waals surface area contributed by atoms with Crippen LogP contribution >= 0.6 is 0 Å². The van der Waals surface area contributed by atoms with Crippen molar-refractivity contribution in [3.8, 4) is 6.07 Å². The van der Waals surface area contributed by atoms with Crippen LogP contribution in [0, 0.1) is 11.3 Å². The van der Waals surface area contributed by atoms with Gasteiger partial charge in [0.15, 0.2) is 5.92 Å². The zero-order chi connectivity index (χ0) is 18.2. The van der Waals surface area contributed by atoms with E-state index in [1.54, 1.807) is 30.5 Å². The zero-order valence-corrected chi connectivity index (χ0v) is 14.3. The number of nitriles is 1. The fraction of sp³-hybridized carbons (Fsp3) is 0.250. The Morgan fingerprint density at radius 2 is 1.85 bits per heavy atom. The number of rotatable bonds is 5. The standard InChI is InChI=1S/C20H20N4O2/c21-14-19(17-4-2-1-3-5-17)20(25)23-22-15-16-6-8-18(9-7-16)24-10-12-26-13-11-24/h1-9,15,19H,10-13H2,(H,23,25)/b22-15-/t19-/m0/s1. The van der Waals surface area contributed by atoms with Gasteiger partial charge in [0.05, 0.1) is 25.5 Å². The van der Waals surface area contributed by atoms with E-state index in [1.165, 1.54) is 0 Å². The second-order valence-electron chi connectivity index (χ2n) is 5.90. The summed E-state index contributed by atoms with van der Waals surface area (Å²) in [5, 5.41) is 13.2. The Kier molecular flexibility index (Phi) is 5.96. The summed E-state index contributed by atoms with van der Waals surface area (Å²) in [6, 6.07) is 18.9. The summed E-state index contributed by atoms with van der Waals surface area (Å²) < 4.78 is 5.35. The van der Waals surface area contributed by atoms with Gasteiger partial charge in [0.1, 0.15) is 0 Å². The monoisotopic (exact) mass is 348 g/mol. The van der Waals surface area contributed by atoms with Crippen LogP contribution in [0.25, 0.3) is 0 Å². The van der Waals surface area contributed by atoms with Crippen LogP contribution < -0.4 is 10.3 Å². The van der Waals surface area contributed by atoms with Gasteiger partial charge in [-0.05, 0) is 23.3 Å². The minimum absolute atomic E-state index is 0.445. The molecule has 0 aromatic heterocycles. The highest BCUT2D eigenvalue weighted by atomic mass is 16.5. The minimum Gasteiger partial charge on any atom is -0.378 e. The van der Waals surface area contributed by atoms with Gasteiger partial charge in [0.2, 0.25) is 0 Å². The third-order valence-electron chi connectivity index (χ3n) is 4.18. The van der Waals surface area contributed by atoms with Crippen molar-refractivity contribution in [2.45, 2.75) is 5.92 Å². The van der Waals surface area contributed by atoms with E-state index in [2.05, 4.69) is 15.4 Å². The van der Waals surface area contributed by atoms with Gasteiger partial charge in [-0.25, -0.2) is 5.43 Å². The van der Waals surface area contributed by atoms with E-state index in [4.69, 9.17) is 4.74 Å². The van der Waals surface area contributed by atoms with Crippen molar-refractivity contribution in [3.63, 3.8) is 0 Å². The van der Waals surface area contributed by atoms with Crippen molar-refractivity contribution < 1.29 is 9.53 Å². The summed E-state index contributed by atoms with van der Waals surface area (Å²) >= 11 is 0. The maximum Gasteiger partial charge on any atom is 0.261 e. The molecule has 0 unspecified atom stereocenters. The Balaban J connectivity index is 1.57. The molecular formula is C20H20N4O2. The molecule has 6 heteroatoms. The molecule has 1 N–H and O–H groups in total. The molecule has 1 atom stereocenters. The second-order valence-corrected chi connectivity index (χ2v) is 5.90. The van der Waals surface area contributed by atoms with E-state index in [9.17, 15) is 10.1 Å². The predicted molar refractivity (Wildman–Crippen MR) is 100 cm³/mol. The first-order valence-electron chi connectivity index (χ1n) is 8.48. The summed E-state index contributed by atoms with van der Waals surface area (Å²) in [5.74, 6) is -1.32. The maximum atomic E-state index is 12.2. The van der Waals surface area contributed by atoms with Crippen LogP contribution in [0.5, 0.6) is 0 Å². The van der Waals surface area contributed by atoms with Crippen LogP contribution in [0.15, 0.2) is 59.7 Å². The number of morpholine rings is 1. The molecule has 0 bridgehead atoms. The summed E-state index contributed by atoms with van der Waals surface area (Å²) in [5.41, 5.74) is 5.10. The Hall–Kier alpha value is -3.17. The number of ether oxygens (including phenoxy) is 1. The summed E-state index contributed by atoms with van der Waals surface area (Å²) in [7, 11) is 0. The molecule has 0 aliphatic carbocycles. The van der Waals surface area contributed by atoms with Crippen molar-refractivity contribution in [2.24, 2.45) is 5.10 Å². The molecule has 2 aromatic carbocycles. The number of nitrogens with zero attached hydrogens (tertiary/aromatic N) is 3. The van der Waals surface area contributed by atoms with Crippen LogP contribution in [0.1, 0.15) is 17.0 Å². The molecule has 1 amide bonds. The molecule has 1 aliphatic rings. The van der Waals surface area contributed by atoms with E-state index in [1.807, 2.05) is 36.4 Å². The molecule has 132 valence electrons. The van der Waals surface area contributed by atoms with Crippen LogP contribution in [0.2, 0.25) is 0 Å². The van der Waals surface area contributed by atoms with E-state index >= 15 is 0 Å². The first kappa shape index (κ1) is 17.6. The number of carbonyl (C=O) groups excluding carboxylic acids is 1. The van der Waals surface area contributed by atoms with Gasteiger partial charge in [-0.15, -0.1) is 0 Å². The fourth-order valence-corrected chi connectivity index (χ4v) is 2.76. The number of hydrogen-bond donors (Lipinski definition) is 1. The van der Waals surface area contributed by atoms with Crippen molar-refractivity contribution >= 4 is 17.8 Å². The quantitative estimate of drug-likeness (QED) is 0.664. The van der Waals surface area contributed by atoms with Gasteiger partial charge in [-0.2, -0.15) is 10.4 Å². The van der Waals surface area contributed by atoms with Crippen LogP contribution in [0.3, 0.4) is 0 Å². The zero-order valence-electron chi connectivity index (χ0n) is 14.3. The van der Waals surface area contributed by atoms with Gasteiger partial charge in [-0.1, -0.05) is 42.5 Å². The minimum atomic E-state index is -0.878. The first-order valence-corrected chi connectivity index (χ1v) is 8.48. The highest BCUT2D eigenvalue weighted by Crippen LogP contribution is 2.16. The Bertz CT molecular complexity index is 791. The van der Waals surface area contributed by atoms with Crippen molar-refractivity contribution in [1.29, 1.82) is 5.26 Å². The number of benzene rings is 2. The highest BCUT2D eigenvalue weighted by molar-refractivity contribution is 5.88. The van der Waals surface area contributed by atoms with E-state index in [0.717, 1.165) is 37.6 Å². The van der Waals surface area contributed by atoms with Crippen molar-refractivity contribution in [2.75, 3.05) is 31.2 Å². The first-order chi connectivity index (χ1) is 12.8. The predicted octanol–water partition coefficient (Wildman–Crippen LogP) is 2.28. The molecule has 0 radical (unpaired) electrons. The van der Waals surface area contributed by atoms with Gasteiger partial charge in [-0.3, -0.25) is 4.79 Å². The molecule has 6 nitrogen and oxygen atoms in total. The summed E-state index contributed by atoms with van der Waals surface area (Å²) in [4.78, 5) is 14.4. The van der Waals surface area contributed by atoms with Crippen LogP contribution in [-0.2, 0) is 9.53 Å². The average molecular weight is 348 g/mol. The SMILES string of the molecule is N#C[C@H](C(=O)N/N=C\c1ccc(N2CCOCC2)cc1)c1ccccc1. The molecule has 3 rings (SSSR count). The molecule has 26 heavy (non-hydrogen) atoms. The van der Waals surface area contributed by atoms with Gasteiger partial charge in [0, 0.05) is 18.8 Å². The summed E-state index contributed by atoms with van der Waals surface area (Å²) in [6.45, 7) is 3.27. The Morgan fingerprint density at radius 3 is 2.50 bits per heavy atom. The van der Waals surface area contributed by atoms with E-state index < -0.39 is 11.8 Å². The van der Waals surface area contributed by atoms with Crippen LogP contribution in [-0.4, -0.2) is 38.4 Å². The number of carbonyl (C=O) groups is 1. The van der Waals surface area contributed by atoms with E-state index in [-0.39, 0.29) is 0 Å². The van der Waals surface area contributed by atoms with Gasteiger partial charge >= 0.3 is 0 Å². The molecule has 2 aromatic rings.